The predicted molar refractivity (Wildman–Crippen MR) is 107 cm³/mol. The summed E-state index contributed by atoms with van der Waals surface area (Å²) in [5, 5.41) is 2.67. The third-order valence-corrected chi connectivity index (χ3v) is 6.40. The Kier molecular flexibility index (Phi) is 5.20. The van der Waals surface area contributed by atoms with Gasteiger partial charge in [-0.2, -0.15) is 0 Å². The molecule has 0 bridgehead atoms. The van der Waals surface area contributed by atoms with Crippen molar-refractivity contribution in [3.05, 3.63) is 45.1 Å². The Morgan fingerprint density at radius 2 is 2.04 bits per heavy atom. The van der Waals surface area contributed by atoms with E-state index in [1.165, 1.54) is 45.9 Å². The molecule has 7 heteroatoms. The van der Waals surface area contributed by atoms with Crippen molar-refractivity contribution in [3.63, 3.8) is 0 Å². The lowest BCUT2D eigenvalue weighted by atomic mass is 10.0. The van der Waals surface area contributed by atoms with E-state index in [-0.39, 0.29) is 11.5 Å². The zero-order valence-electron chi connectivity index (χ0n) is 15.3. The third-order valence-electron chi connectivity index (χ3n) is 4.41. The molecule has 5 nitrogen and oxygen atoms in total. The van der Waals surface area contributed by atoms with Crippen LogP contribution in [0.3, 0.4) is 0 Å². The second-order valence-electron chi connectivity index (χ2n) is 6.17. The van der Waals surface area contributed by atoms with E-state index < -0.39 is 5.25 Å². The first-order chi connectivity index (χ1) is 12.3. The summed E-state index contributed by atoms with van der Waals surface area (Å²) in [6.07, 6.45) is 0. The molecule has 0 saturated carbocycles. The fraction of sp³-hybridized carbons (Fsp3) is 0.316. The largest absolute Gasteiger partial charge is 0.468 e. The number of benzene rings is 1. The van der Waals surface area contributed by atoms with Crippen molar-refractivity contribution in [2.24, 2.45) is 7.05 Å². The number of hydrogen-bond donors (Lipinski definition) is 0. The molecule has 0 amide bonds. The average molecular weight is 389 g/mol. The number of thioether (sulfide) groups is 1. The fourth-order valence-corrected chi connectivity index (χ4v) is 4.54. The number of thiophene rings is 1. The summed E-state index contributed by atoms with van der Waals surface area (Å²) in [4.78, 5) is 29.9. The Balaban J connectivity index is 2.11. The van der Waals surface area contributed by atoms with Gasteiger partial charge in [0.15, 0.2) is 5.16 Å². The molecule has 26 heavy (non-hydrogen) atoms. The minimum Gasteiger partial charge on any atom is -0.468 e. The van der Waals surface area contributed by atoms with Gasteiger partial charge >= 0.3 is 5.97 Å². The molecule has 0 aliphatic carbocycles. The maximum atomic E-state index is 13.0. The Bertz CT molecular complexity index is 1050. The quantitative estimate of drug-likeness (QED) is 0.385. The highest BCUT2D eigenvalue weighted by Gasteiger charge is 2.20. The van der Waals surface area contributed by atoms with E-state index in [4.69, 9.17) is 4.74 Å². The summed E-state index contributed by atoms with van der Waals surface area (Å²) >= 11 is 2.67. The summed E-state index contributed by atoms with van der Waals surface area (Å²) in [6, 6.07) is 6.19. The van der Waals surface area contributed by atoms with Crippen LogP contribution in [0.5, 0.6) is 0 Å². The summed E-state index contributed by atoms with van der Waals surface area (Å²) in [6.45, 7) is 5.87. The van der Waals surface area contributed by atoms with Crippen molar-refractivity contribution in [3.8, 4) is 11.1 Å². The average Bonchev–Trinajstić information content (AvgIpc) is 3.04. The highest BCUT2D eigenvalue weighted by atomic mass is 32.2. The number of aryl methyl sites for hydroxylation is 2. The van der Waals surface area contributed by atoms with Crippen LogP contribution in [0.15, 0.2) is 33.5 Å². The number of hydrogen-bond acceptors (Lipinski definition) is 6. The van der Waals surface area contributed by atoms with Gasteiger partial charge in [0, 0.05) is 18.0 Å². The first-order valence-electron chi connectivity index (χ1n) is 8.13. The third kappa shape index (κ3) is 3.29. The van der Waals surface area contributed by atoms with Crippen LogP contribution in [0.4, 0.5) is 0 Å². The van der Waals surface area contributed by atoms with Gasteiger partial charge < -0.3 is 4.74 Å². The molecular formula is C19H20N2O3S2. The van der Waals surface area contributed by atoms with Crippen LogP contribution in [0.1, 0.15) is 18.1 Å². The molecule has 0 radical (unpaired) electrons. The second kappa shape index (κ2) is 7.25. The number of esters is 1. The topological polar surface area (TPSA) is 61.2 Å². The SMILES string of the molecule is COC(=O)C(C)Sc1nc2scc(-c3ccc(C)c(C)c3)c2c(=O)n1C. The van der Waals surface area contributed by atoms with Crippen molar-refractivity contribution < 1.29 is 9.53 Å². The van der Waals surface area contributed by atoms with E-state index in [1.54, 1.807) is 14.0 Å². The van der Waals surface area contributed by atoms with Gasteiger partial charge in [0.2, 0.25) is 0 Å². The standard InChI is InChI=1S/C19H20N2O3S2/c1-10-6-7-13(8-11(10)2)14-9-25-16-15(14)17(22)21(4)19(20-16)26-12(3)18(23)24-5/h6-9,12H,1-5H3. The summed E-state index contributed by atoms with van der Waals surface area (Å²) < 4.78 is 6.26. The first kappa shape index (κ1) is 18.7. The molecule has 3 rings (SSSR count). The molecule has 0 fully saturated rings. The fourth-order valence-electron chi connectivity index (χ4n) is 2.65. The van der Waals surface area contributed by atoms with Gasteiger partial charge in [0.25, 0.3) is 5.56 Å². The summed E-state index contributed by atoms with van der Waals surface area (Å²) in [5.41, 5.74) is 4.21. The van der Waals surface area contributed by atoms with Crippen molar-refractivity contribution in [1.29, 1.82) is 0 Å². The van der Waals surface area contributed by atoms with E-state index in [0.717, 1.165) is 11.1 Å². The van der Waals surface area contributed by atoms with Crippen LogP contribution in [0.25, 0.3) is 21.3 Å². The zero-order chi connectivity index (χ0) is 19.0. The number of aromatic nitrogens is 2. The van der Waals surface area contributed by atoms with Gasteiger partial charge in [0.1, 0.15) is 10.1 Å². The number of fused-ring (bicyclic) bond motifs is 1. The minimum absolute atomic E-state index is 0.107. The van der Waals surface area contributed by atoms with Gasteiger partial charge in [-0.05, 0) is 37.5 Å². The molecule has 2 aromatic heterocycles. The number of carbonyl (C=O) groups excluding carboxylic acids is 1. The number of nitrogens with zero attached hydrogens (tertiary/aromatic N) is 2. The van der Waals surface area contributed by atoms with Gasteiger partial charge in [0.05, 0.1) is 12.5 Å². The molecule has 0 saturated heterocycles. The van der Waals surface area contributed by atoms with Crippen LogP contribution >= 0.6 is 23.1 Å². The normalized spacial score (nSPS) is 12.3. The monoisotopic (exact) mass is 388 g/mol. The van der Waals surface area contributed by atoms with E-state index in [1.807, 2.05) is 11.4 Å². The molecular weight excluding hydrogens is 368 g/mol. The molecule has 1 aromatic carbocycles. The molecule has 0 spiro atoms. The Hall–Kier alpha value is -2.12. The highest BCUT2D eigenvalue weighted by Crippen LogP contribution is 2.33. The predicted octanol–water partition coefficient (Wildman–Crippen LogP) is 3.93. The first-order valence-corrected chi connectivity index (χ1v) is 9.89. The van der Waals surface area contributed by atoms with Crippen LogP contribution in [-0.4, -0.2) is 27.9 Å². The highest BCUT2D eigenvalue weighted by molar-refractivity contribution is 8.00. The van der Waals surface area contributed by atoms with Crippen LogP contribution in [0.2, 0.25) is 0 Å². The van der Waals surface area contributed by atoms with Crippen molar-refractivity contribution in [1.82, 2.24) is 9.55 Å². The lowest BCUT2D eigenvalue weighted by Gasteiger charge is -2.11. The van der Waals surface area contributed by atoms with E-state index in [2.05, 4.69) is 31.0 Å². The zero-order valence-corrected chi connectivity index (χ0v) is 17.0. The molecule has 0 N–H and O–H groups in total. The number of methoxy groups -OCH3 is 1. The number of carbonyl (C=O) groups is 1. The number of ether oxygens (including phenoxy) is 1. The summed E-state index contributed by atoms with van der Waals surface area (Å²) in [7, 11) is 3.03. The smallest absolute Gasteiger partial charge is 0.318 e. The van der Waals surface area contributed by atoms with Crippen molar-refractivity contribution in [2.75, 3.05) is 7.11 Å². The van der Waals surface area contributed by atoms with E-state index in [0.29, 0.717) is 15.4 Å². The Morgan fingerprint density at radius 3 is 2.69 bits per heavy atom. The molecule has 2 heterocycles. The Morgan fingerprint density at radius 1 is 1.31 bits per heavy atom. The molecule has 0 aliphatic heterocycles. The number of rotatable bonds is 4. The molecule has 136 valence electrons. The van der Waals surface area contributed by atoms with Gasteiger partial charge in [-0.15, -0.1) is 11.3 Å². The van der Waals surface area contributed by atoms with Crippen LogP contribution < -0.4 is 5.56 Å². The second-order valence-corrected chi connectivity index (χ2v) is 8.34. The molecule has 1 atom stereocenters. The van der Waals surface area contributed by atoms with Crippen molar-refractivity contribution >= 4 is 39.3 Å². The molecule has 1 unspecified atom stereocenters. The van der Waals surface area contributed by atoms with Crippen molar-refractivity contribution in [2.45, 2.75) is 31.2 Å². The summed E-state index contributed by atoms with van der Waals surface area (Å²) in [5.74, 6) is -0.341. The Labute approximate surface area is 160 Å². The van der Waals surface area contributed by atoms with Gasteiger partial charge in [-0.3, -0.25) is 14.2 Å². The molecule has 3 aromatic rings. The minimum atomic E-state index is -0.435. The van der Waals surface area contributed by atoms with Gasteiger partial charge in [-0.25, -0.2) is 4.98 Å². The van der Waals surface area contributed by atoms with Crippen LogP contribution in [-0.2, 0) is 16.6 Å². The maximum Gasteiger partial charge on any atom is 0.318 e. The maximum absolute atomic E-state index is 13.0. The van der Waals surface area contributed by atoms with Crippen LogP contribution in [0, 0.1) is 13.8 Å². The van der Waals surface area contributed by atoms with E-state index >= 15 is 0 Å². The van der Waals surface area contributed by atoms with E-state index in [9.17, 15) is 9.59 Å². The van der Waals surface area contributed by atoms with Gasteiger partial charge in [-0.1, -0.05) is 30.0 Å². The lowest BCUT2D eigenvalue weighted by molar-refractivity contribution is -0.139. The lowest BCUT2D eigenvalue weighted by Crippen LogP contribution is -2.22. The molecule has 0 aliphatic rings.